The number of benzene rings is 1. The first-order chi connectivity index (χ1) is 7.33. The van der Waals surface area contributed by atoms with Gasteiger partial charge in [-0.05, 0) is 25.1 Å². The summed E-state index contributed by atoms with van der Waals surface area (Å²) in [6, 6.07) is 10.9. The highest BCUT2D eigenvalue weighted by Crippen LogP contribution is 2.09. The molecule has 0 atom stereocenters. The van der Waals surface area contributed by atoms with E-state index in [-0.39, 0.29) is 5.56 Å². The van der Waals surface area contributed by atoms with E-state index in [0.29, 0.717) is 0 Å². The lowest BCUT2D eigenvalue weighted by atomic mass is 10.2. The van der Waals surface area contributed by atoms with Crippen LogP contribution in [-0.4, -0.2) is 4.73 Å². The summed E-state index contributed by atoms with van der Waals surface area (Å²) in [7, 11) is 0. The van der Waals surface area contributed by atoms with Crippen molar-refractivity contribution in [2.45, 2.75) is 6.92 Å². The van der Waals surface area contributed by atoms with Crippen molar-refractivity contribution >= 4 is 10.9 Å². The summed E-state index contributed by atoms with van der Waals surface area (Å²) in [5.41, 5.74) is 0.593. The Morgan fingerprint density at radius 1 is 1.20 bits per heavy atom. The van der Waals surface area contributed by atoms with Crippen LogP contribution in [0.2, 0.25) is 0 Å². The van der Waals surface area contributed by atoms with Crippen molar-refractivity contribution in [3.05, 3.63) is 59.1 Å². The minimum absolute atomic E-state index is 0.174. The molecule has 0 spiro atoms. The van der Waals surface area contributed by atoms with E-state index in [1.807, 2.05) is 31.2 Å². The molecule has 0 aliphatic rings. The molecule has 15 heavy (non-hydrogen) atoms. The van der Waals surface area contributed by atoms with E-state index in [1.165, 1.54) is 17.1 Å². The monoisotopic (exact) mass is 201 g/mol. The third-order valence-corrected chi connectivity index (χ3v) is 2.06. The Morgan fingerprint density at radius 2 is 2.00 bits per heavy atom. The topological polar surface area (TPSA) is 31.2 Å². The summed E-state index contributed by atoms with van der Waals surface area (Å²) in [6.07, 6.45) is 3.21. The molecular weight excluding hydrogens is 190 g/mol. The first-order valence-electron chi connectivity index (χ1n) is 4.72. The Kier molecular flexibility index (Phi) is 2.54. The lowest BCUT2D eigenvalue weighted by Gasteiger charge is -2.06. The van der Waals surface area contributed by atoms with Gasteiger partial charge in [-0.1, -0.05) is 18.2 Å². The minimum Gasteiger partial charge on any atom is -0.380 e. The van der Waals surface area contributed by atoms with Gasteiger partial charge < -0.3 is 4.84 Å². The Labute approximate surface area is 87.2 Å². The first-order valence-corrected chi connectivity index (χ1v) is 4.72. The quantitative estimate of drug-likeness (QED) is 0.695. The second-order valence-corrected chi connectivity index (χ2v) is 3.10. The molecule has 0 radical (unpaired) electrons. The molecule has 0 saturated carbocycles. The number of allylic oxidation sites excluding steroid dienone is 1. The minimum atomic E-state index is -0.174. The lowest BCUT2D eigenvalue weighted by molar-refractivity contribution is 0.214. The van der Waals surface area contributed by atoms with Crippen LogP contribution in [0.1, 0.15) is 6.92 Å². The van der Waals surface area contributed by atoms with Gasteiger partial charge in [0.15, 0.2) is 0 Å². The summed E-state index contributed by atoms with van der Waals surface area (Å²) in [6.45, 7) is 1.83. The number of para-hydroxylation sites is 1. The zero-order chi connectivity index (χ0) is 10.7. The molecule has 0 aliphatic heterocycles. The summed E-state index contributed by atoms with van der Waals surface area (Å²) in [4.78, 5) is 16.8. The summed E-state index contributed by atoms with van der Waals surface area (Å²) in [5.74, 6) is 0. The van der Waals surface area contributed by atoms with Crippen LogP contribution in [0.3, 0.4) is 0 Å². The molecule has 0 amide bonds. The van der Waals surface area contributed by atoms with Crippen molar-refractivity contribution < 1.29 is 4.84 Å². The average Bonchev–Trinajstić information content (AvgIpc) is 2.28. The highest BCUT2D eigenvalue weighted by atomic mass is 16.7. The van der Waals surface area contributed by atoms with Crippen molar-refractivity contribution in [1.29, 1.82) is 0 Å². The van der Waals surface area contributed by atoms with Crippen LogP contribution in [0, 0.1) is 0 Å². The molecule has 2 rings (SSSR count). The van der Waals surface area contributed by atoms with Crippen LogP contribution < -0.4 is 10.4 Å². The Hall–Kier alpha value is -2.03. The second-order valence-electron chi connectivity index (χ2n) is 3.10. The maximum atomic E-state index is 11.5. The number of hydrogen-bond donors (Lipinski definition) is 0. The third-order valence-electron chi connectivity index (χ3n) is 2.06. The third kappa shape index (κ3) is 1.76. The lowest BCUT2D eigenvalue weighted by Crippen LogP contribution is -2.23. The predicted octanol–water partition coefficient (Wildman–Crippen LogP) is 1.96. The molecule has 0 aliphatic carbocycles. The molecule has 1 aromatic carbocycles. The van der Waals surface area contributed by atoms with Crippen LogP contribution in [0.15, 0.2) is 53.5 Å². The Morgan fingerprint density at radius 3 is 2.80 bits per heavy atom. The average molecular weight is 201 g/mol. The molecule has 0 saturated heterocycles. The number of aromatic nitrogens is 1. The SMILES string of the molecule is C/C=C\On1c(=O)ccc2ccccc21. The summed E-state index contributed by atoms with van der Waals surface area (Å²) < 4.78 is 1.27. The second kappa shape index (κ2) is 4.00. The van der Waals surface area contributed by atoms with Gasteiger partial charge in [-0.3, -0.25) is 4.79 Å². The van der Waals surface area contributed by atoms with Crippen LogP contribution in [-0.2, 0) is 0 Å². The molecule has 0 fully saturated rings. The van der Waals surface area contributed by atoms with Gasteiger partial charge in [0.05, 0.1) is 5.52 Å². The Bertz CT molecular complexity index is 555. The van der Waals surface area contributed by atoms with E-state index in [2.05, 4.69) is 0 Å². The van der Waals surface area contributed by atoms with E-state index in [1.54, 1.807) is 12.1 Å². The van der Waals surface area contributed by atoms with Gasteiger partial charge in [-0.15, -0.1) is 4.73 Å². The first kappa shape index (κ1) is 9.52. The molecule has 0 unspecified atom stereocenters. The van der Waals surface area contributed by atoms with Gasteiger partial charge in [-0.2, -0.15) is 0 Å². The van der Waals surface area contributed by atoms with Crippen molar-refractivity contribution in [1.82, 2.24) is 4.73 Å². The molecule has 0 N–H and O–H groups in total. The number of nitrogens with zero attached hydrogens (tertiary/aromatic N) is 1. The summed E-state index contributed by atoms with van der Waals surface area (Å²) >= 11 is 0. The van der Waals surface area contributed by atoms with Gasteiger partial charge in [0, 0.05) is 11.5 Å². The molecule has 3 heteroatoms. The normalized spacial score (nSPS) is 11.0. The van der Waals surface area contributed by atoms with Gasteiger partial charge in [-0.25, -0.2) is 0 Å². The van der Waals surface area contributed by atoms with Gasteiger partial charge in [0.25, 0.3) is 5.56 Å². The van der Waals surface area contributed by atoms with Crippen molar-refractivity contribution in [2.75, 3.05) is 0 Å². The van der Waals surface area contributed by atoms with Crippen LogP contribution in [0.25, 0.3) is 10.9 Å². The summed E-state index contributed by atoms with van der Waals surface area (Å²) in [5, 5.41) is 0.974. The van der Waals surface area contributed by atoms with Crippen LogP contribution >= 0.6 is 0 Å². The fourth-order valence-electron chi connectivity index (χ4n) is 1.39. The molecular formula is C12H11NO2. The fraction of sp³-hybridized carbons (Fsp3) is 0.0833. The molecule has 0 bridgehead atoms. The van der Waals surface area contributed by atoms with Crippen LogP contribution in [0.5, 0.6) is 0 Å². The maximum Gasteiger partial charge on any atom is 0.284 e. The zero-order valence-corrected chi connectivity index (χ0v) is 8.38. The molecule has 1 aromatic heterocycles. The largest absolute Gasteiger partial charge is 0.380 e. The van der Waals surface area contributed by atoms with Gasteiger partial charge in [0.2, 0.25) is 0 Å². The smallest absolute Gasteiger partial charge is 0.284 e. The van der Waals surface area contributed by atoms with Crippen molar-refractivity contribution in [3.8, 4) is 0 Å². The number of hydrogen-bond acceptors (Lipinski definition) is 2. The highest BCUT2D eigenvalue weighted by Gasteiger charge is 2.00. The Balaban J connectivity index is 2.68. The number of rotatable bonds is 2. The van der Waals surface area contributed by atoms with Gasteiger partial charge >= 0.3 is 0 Å². The number of fused-ring (bicyclic) bond motifs is 1. The van der Waals surface area contributed by atoms with Crippen molar-refractivity contribution in [2.24, 2.45) is 0 Å². The zero-order valence-electron chi connectivity index (χ0n) is 8.38. The van der Waals surface area contributed by atoms with E-state index in [0.717, 1.165) is 10.9 Å². The molecule has 3 nitrogen and oxygen atoms in total. The highest BCUT2D eigenvalue weighted by molar-refractivity contribution is 5.78. The molecule has 76 valence electrons. The van der Waals surface area contributed by atoms with Crippen LogP contribution in [0.4, 0.5) is 0 Å². The standard InChI is InChI=1S/C12H11NO2/c1-2-9-15-13-11-6-4-3-5-10(11)7-8-12(13)14/h2-9H,1H3/b9-2-. The maximum absolute atomic E-state index is 11.5. The fourth-order valence-corrected chi connectivity index (χ4v) is 1.39. The number of pyridine rings is 1. The predicted molar refractivity (Wildman–Crippen MR) is 59.6 cm³/mol. The van der Waals surface area contributed by atoms with E-state index >= 15 is 0 Å². The molecule has 1 heterocycles. The van der Waals surface area contributed by atoms with E-state index in [4.69, 9.17) is 4.84 Å². The van der Waals surface area contributed by atoms with Gasteiger partial charge in [0.1, 0.15) is 6.26 Å². The van der Waals surface area contributed by atoms with Crippen molar-refractivity contribution in [3.63, 3.8) is 0 Å². The molecule has 2 aromatic rings. The van der Waals surface area contributed by atoms with E-state index < -0.39 is 0 Å². The van der Waals surface area contributed by atoms with E-state index in [9.17, 15) is 4.79 Å².